The lowest BCUT2D eigenvalue weighted by Gasteiger charge is -2.57. The second-order valence-electron chi connectivity index (χ2n) is 6.05. The number of rotatable bonds is 4. The molecule has 0 aromatic carbocycles. The first-order valence-electron chi connectivity index (χ1n) is 7.89. The minimum absolute atomic E-state index is 0.105. The van der Waals surface area contributed by atoms with Gasteiger partial charge in [0, 0.05) is 37.0 Å². The van der Waals surface area contributed by atoms with Crippen molar-refractivity contribution in [3.05, 3.63) is 17.5 Å². The van der Waals surface area contributed by atoms with Crippen molar-refractivity contribution in [2.24, 2.45) is 5.41 Å². The lowest BCUT2D eigenvalue weighted by Crippen LogP contribution is -2.63. The van der Waals surface area contributed by atoms with Crippen molar-refractivity contribution < 1.29 is 9.47 Å². The molecule has 0 radical (unpaired) electrons. The Balaban J connectivity index is 1.77. The number of aryl methyl sites for hydroxylation is 1. The Morgan fingerprint density at radius 1 is 1.45 bits per heavy atom. The van der Waals surface area contributed by atoms with Crippen LogP contribution in [0.4, 0.5) is 5.95 Å². The van der Waals surface area contributed by atoms with Crippen LogP contribution < -0.4 is 5.32 Å². The van der Waals surface area contributed by atoms with Gasteiger partial charge in [-0.2, -0.15) is 5.26 Å². The van der Waals surface area contributed by atoms with Gasteiger partial charge in [-0.15, -0.1) is 0 Å². The Morgan fingerprint density at radius 2 is 2.23 bits per heavy atom. The van der Waals surface area contributed by atoms with Gasteiger partial charge in [-0.1, -0.05) is 0 Å². The van der Waals surface area contributed by atoms with Crippen molar-refractivity contribution in [1.29, 1.82) is 5.26 Å². The number of hydrogen-bond acceptors (Lipinski definition) is 6. The molecule has 1 aliphatic carbocycles. The monoisotopic (exact) mass is 302 g/mol. The van der Waals surface area contributed by atoms with Crippen molar-refractivity contribution in [3.8, 4) is 6.07 Å². The molecule has 2 aliphatic rings. The number of nitriles is 1. The van der Waals surface area contributed by atoms with E-state index in [0.29, 0.717) is 11.6 Å². The molecule has 0 bridgehead atoms. The normalized spacial score (nSPS) is 26.2. The van der Waals surface area contributed by atoms with Gasteiger partial charge in [0.25, 0.3) is 0 Å². The second kappa shape index (κ2) is 6.19. The third-order valence-corrected chi connectivity index (χ3v) is 4.85. The van der Waals surface area contributed by atoms with E-state index >= 15 is 0 Å². The molecule has 2 fully saturated rings. The number of nitrogens with one attached hydrogen (secondary N) is 1. The zero-order valence-electron chi connectivity index (χ0n) is 13.1. The van der Waals surface area contributed by atoms with Crippen LogP contribution in [0.3, 0.4) is 0 Å². The van der Waals surface area contributed by atoms with Gasteiger partial charge >= 0.3 is 0 Å². The molecule has 3 rings (SSSR count). The SMILES string of the molecule is CCO[C@@H]1C[C@@H](Nc2nc(C)cc(C#N)n2)C12CCOCC2. The maximum absolute atomic E-state index is 9.04. The van der Waals surface area contributed by atoms with Gasteiger partial charge in [-0.25, -0.2) is 9.97 Å². The Kier molecular flexibility index (Phi) is 4.27. The standard InChI is InChI=1S/C16H22N4O2/c1-3-22-14-9-13(16(14)4-6-21-7-5-16)20-15-18-11(2)8-12(10-17)19-15/h8,13-14H,3-7,9H2,1-2H3,(H,18,19,20)/t13-,14-/m1/s1. The molecule has 2 heterocycles. The highest BCUT2D eigenvalue weighted by molar-refractivity contribution is 5.36. The summed E-state index contributed by atoms with van der Waals surface area (Å²) in [6, 6.07) is 4.05. The van der Waals surface area contributed by atoms with Crippen LogP contribution in [0.25, 0.3) is 0 Å². The molecule has 1 aromatic heterocycles. The average molecular weight is 302 g/mol. The summed E-state index contributed by atoms with van der Waals surface area (Å²) in [5.74, 6) is 0.544. The van der Waals surface area contributed by atoms with Crippen LogP contribution in [-0.4, -0.2) is 41.9 Å². The Bertz CT molecular complexity index is 578. The van der Waals surface area contributed by atoms with Crippen LogP contribution in [-0.2, 0) is 9.47 Å². The summed E-state index contributed by atoms with van der Waals surface area (Å²) in [6.07, 6.45) is 3.21. The topological polar surface area (TPSA) is 80.1 Å². The number of aromatic nitrogens is 2. The van der Waals surface area contributed by atoms with Crippen LogP contribution in [0.2, 0.25) is 0 Å². The minimum atomic E-state index is 0.105. The first-order valence-corrected chi connectivity index (χ1v) is 7.89. The third kappa shape index (κ3) is 2.67. The van der Waals surface area contributed by atoms with E-state index in [1.807, 2.05) is 13.8 Å². The largest absolute Gasteiger partial charge is 0.381 e. The van der Waals surface area contributed by atoms with Crippen molar-refractivity contribution in [3.63, 3.8) is 0 Å². The molecular formula is C16H22N4O2. The molecule has 0 unspecified atom stereocenters. The van der Waals surface area contributed by atoms with E-state index in [0.717, 1.165) is 44.8 Å². The summed E-state index contributed by atoms with van der Waals surface area (Å²) in [5, 5.41) is 12.5. The molecule has 0 amide bonds. The predicted octanol–water partition coefficient (Wildman–Crippen LogP) is 2.04. The molecule has 118 valence electrons. The number of ether oxygens (including phenoxy) is 2. The smallest absolute Gasteiger partial charge is 0.224 e. The van der Waals surface area contributed by atoms with Gasteiger partial charge in [0.2, 0.25) is 5.95 Å². The lowest BCUT2D eigenvalue weighted by atomic mass is 9.57. The maximum atomic E-state index is 9.04. The molecule has 1 N–H and O–H groups in total. The summed E-state index contributed by atoms with van der Waals surface area (Å²) in [5.41, 5.74) is 1.31. The first kappa shape index (κ1) is 15.2. The van der Waals surface area contributed by atoms with Crippen LogP contribution in [0, 0.1) is 23.7 Å². The van der Waals surface area contributed by atoms with E-state index in [-0.39, 0.29) is 17.6 Å². The first-order chi connectivity index (χ1) is 10.7. The van der Waals surface area contributed by atoms with Crippen LogP contribution in [0.1, 0.15) is 37.6 Å². The van der Waals surface area contributed by atoms with Gasteiger partial charge < -0.3 is 14.8 Å². The molecule has 1 aliphatic heterocycles. The van der Waals surface area contributed by atoms with Crippen molar-refractivity contribution in [2.75, 3.05) is 25.1 Å². The average Bonchev–Trinajstić information content (AvgIpc) is 2.54. The van der Waals surface area contributed by atoms with Gasteiger partial charge in [0.15, 0.2) is 0 Å². The zero-order valence-corrected chi connectivity index (χ0v) is 13.1. The molecule has 6 heteroatoms. The zero-order chi connectivity index (χ0) is 15.6. The summed E-state index contributed by atoms with van der Waals surface area (Å²) in [7, 11) is 0. The van der Waals surface area contributed by atoms with E-state index < -0.39 is 0 Å². The fourth-order valence-electron chi connectivity index (χ4n) is 3.65. The van der Waals surface area contributed by atoms with Crippen molar-refractivity contribution in [2.45, 2.75) is 45.3 Å². The van der Waals surface area contributed by atoms with E-state index in [9.17, 15) is 0 Å². The predicted molar refractivity (Wildman–Crippen MR) is 81.4 cm³/mol. The summed E-state index contributed by atoms with van der Waals surface area (Å²) in [6.45, 7) is 6.21. The Morgan fingerprint density at radius 3 is 2.91 bits per heavy atom. The third-order valence-electron chi connectivity index (χ3n) is 4.85. The molecule has 6 nitrogen and oxygen atoms in total. The minimum Gasteiger partial charge on any atom is -0.381 e. The second-order valence-corrected chi connectivity index (χ2v) is 6.05. The number of hydrogen-bond donors (Lipinski definition) is 1. The summed E-state index contributed by atoms with van der Waals surface area (Å²) < 4.78 is 11.4. The maximum Gasteiger partial charge on any atom is 0.224 e. The molecule has 1 spiro atoms. The molecule has 1 aromatic rings. The van der Waals surface area contributed by atoms with Gasteiger partial charge in [-0.3, -0.25) is 0 Å². The molecule has 2 atom stereocenters. The van der Waals surface area contributed by atoms with E-state index in [4.69, 9.17) is 14.7 Å². The lowest BCUT2D eigenvalue weighted by molar-refractivity contribution is -0.159. The highest BCUT2D eigenvalue weighted by Crippen LogP contribution is 2.51. The van der Waals surface area contributed by atoms with Gasteiger partial charge in [0.05, 0.1) is 6.10 Å². The van der Waals surface area contributed by atoms with E-state index in [1.165, 1.54) is 0 Å². The fraction of sp³-hybridized carbons (Fsp3) is 0.688. The quantitative estimate of drug-likeness (QED) is 0.917. The molecular weight excluding hydrogens is 280 g/mol. The van der Waals surface area contributed by atoms with Crippen LogP contribution >= 0.6 is 0 Å². The van der Waals surface area contributed by atoms with Crippen LogP contribution in [0.5, 0.6) is 0 Å². The number of nitrogens with zero attached hydrogens (tertiary/aromatic N) is 3. The van der Waals surface area contributed by atoms with Crippen molar-refractivity contribution >= 4 is 5.95 Å². The Hall–Kier alpha value is -1.71. The van der Waals surface area contributed by atoms with Gasteiger partial charge in [-0.05, 0) is 39.2 Å². The summed E-state index contributed by atoms with van der Waals surface area (Å²) in [4.78, 5) is 8.67. The molecule has 1 saturated heterocycles. The van der Waals surface area contributed by atoms with Crippen LogP contribution in [0.15, 0.2) is 6.07 Å². The molecule has 1 saturated carbocycles. The highest BCUT2D eigenvalue weighted by Gasteiger charge is 2.56. The van der Waals surface area contributed by atoms with E-state index in [1.54, 1.807) is 6.07 Å². The number of anilines is 1. The fourth-order valence-corrected chi connectivity index (χ4v) is 3.65. The summed E-state index contributed by atoms with van der Waals surface area (Å²) >= 11 is 0. The van der Waals surface area contributed by atoms with E-state index in [2.05, 4.69) is 21.4 Å². The van der Waals surface area contributed by atoms with Gasteiger partial charge in [0.1, 0.15) is 11.8 Å². The highest BCUT2D eigenvalue weighted by atomic mass is 16.5. The van der Waals surface area contributed by atoms with Crippen molar-refractivity contribution in [1.82, 2.24) is 9.97 Å². The Labute approximate surface area is 130 Å². The molecule has 22 heavy (non-hydrogen) atoms.